The number of amides is 2. The lowest BCUT2D eigenvalue weighted by Gasteiger charge is -2.35. The van der Waals surface area contributed by atoms with Crippen molar-refractivity contribution < 1.29 is 32.2 Å². The molecule has 0 aliphatic carbocycles. The first-order valence-corrected chi connectivity index (χ1v) is 10.9. The number of hydrazine groups is 1. The van der Waals surface area contributed by atoms with Gasteiger partial charge in [0.1, 0.15) is 11.9 Å². The summed E-state index contributed by atoms with van der Waals surface area (Å²) in [5.41, 5.74) is 4.84. The van der Waals surface area contributed by atoms with Gasteiger partial charge in [0.25, 0.3) is 0 Å². The average molecular weight is 484 g/mol. The topological polar surface area (TPSA) is 120 Å². The van der Waals surface area contributed by atoms with Gasteiger partial charge in [0.15, 0.2) is 5.92 Å². The Morgan fingerprint density at radius 3 is 2.68 bits per heavy atom. The number of piperazine rings is 1. The quantitative estimate of drug-likeness (QED) is 0.551. The van der Waals surface area contributed by atoms with Crippen LogP contribution in [0.3, 0.4) is 0 Å². The van der Waals surface area contributed by atoms with Gasteiger partial charge >= 0.3 is 6.18 Å². The molecule has 2 amide bonds. The number of aromatic nitrogens is 1. The molecule has 3 rings (SSSR count). The first-order valence-electron chi connectivity index (χ1n) is 10.9. The van der Waals surface area contributed by atoms with Gasteiger partial charge in [-0.15, -0.1) is 0 Å². The minimum atomic E-state index is -4.71. The zero-order valence-electron chi connectivity index (χ0n) is 18.7. The van der Waals surface area contributed by atoms with Crippen molar-refractivity contribution in [1.29, 1.82) is 5.26 Å². The number of pyridine rings is 1. The van der Waals surface area contributed by atoms with Crippen molar-refractivity contribution in [3.8, 4) is 6.07 Å². The van der Waals surface area contributed by atoms with Crippen LogP contribution in [0, 0.1) is 17.2 Å². The van der Waals surface area contributed by atoms with Crippen LogP contribution in [0.15, 0.2) is 18.3 Å². The van der Waals surface area contributed by atoms with Gasteiger partial charge < -0.3 is 19.3 Å². The van der Waals surface area contributed by atoms with Gasteiger partial charge in [-0.25, -0.2) is 10.4 Å². The Kier molecular flexibility index (Phi) is 8.65. The van der Waals surface area contributed by atoms with Crippen molar-refractivity contribution >= 4 is 17.6 Å². The summed E-state index contributed by atoms with van der Waals surface area (Å²) in [7, 11) is 0. The molecule has 1 aromatic rings. The van der Waals surface area contributed by atoms with Crippen LogP contribution in [-0.2, 0) is 19.1 Å². The van der Waals surface area contributed by atoms with Crippen molar-refractivity contribution in [2.45, 2.75) is 31.7 Å². The third kappa shape index (κ3) is 6.78. The van der Waals surface area contributed by atoms with E-state index in [0.717, 1.165) is 5.82 Å². The number of rotatable bonds is 8. The summed E-state index contributed by atoms with van der Waals surface area (Å²) in [5.74, 6) is -2.76. The maximum atomic E-state index is 13.1. The molecule has 0 radical (unpaired) electrons. The molecule has 186 valence electrons. The van der Waals surface area contributed by atoms with E-state index in [9.17, 15) is 22.8 Å². The molecule has 10 nitrogen and oxygen atoms in total. The highest BCUT2D eigenvalue weighted by Crippen LogP contribution is 2.31. The Balaban J connectivity index is 1.35. The van der Waals surface area contributed by atoms with E-state index in [1.807, 2.05) is 16.4 Å². The fourth-order valence-electron chi connectivity index (χ4n) is 3.75. The normalized spacial score (nSPS) is 22.1. The molecule has 3 heterocycles. The second-order valence-corrected chi connectivity index (χ2v) is 8.08. The Morgan fingerprint density at radius 1 is 1.32 bits per heavy atom. The third-order valence-corrected chi connectivity index (χ3v) is 5.62. The number of nitrogens with zero attached hydrogens (tertiary/aromatic N) is 4. The fraction of sp³-hybridized carbons (Fsp3) is 0.619. The van der Waals surface area contributed by atoms with Crippen molar-refractivity contribution in [2.24, 2.45) is 5.92 Å². The number of nitriles is 1. The largest absolute Gasteiger partial charge is 0.403 e. The molecule has 1 aromatic heterocycles. The summed E-state index contributed by atoms with van der Waals surface area (Å²) in [5, 5.41) is 8.86. The summed E-state index contributed by atoms with van der Waals surface area (Å²) >= 11 is 0. The molecule has 0 aromatic carbocycles. The van der Waals surface area contributed by atoms with E-state index in [0.29, 0.717) is 31.7 Å². The molecule has 2 aliphatic rings. The molecule has 2 fully saturated rings. The molecule has 0 spiro atoms. The highest BCUT2D eigenvalue weighted by atomic mass is 19.4. The van der Waals surface area contributed by atoms with Crippen LogP contribution < -0.4 is 15.8 Å². The first kappa shape index (κ1) is 25.7. The van der Waals surface area contributed by atoms with Crippen molar-refractivity contribution in [2.75, 3.05) is 50.8 Å². The van der Waals surface area contributed by atoms with E-state index in [1.165, 1.54) is 6.20 Å². The number of nitrogens with one attached hydrogen (secondary N) is 2. The number of carbonyl (C=O) groups is 2. The third-order valence-electron chi connectivity index (χ3n) is 5.62. The minimum Gasteiger partial charge on any atom is -0.376 e. The summed E-state index contributed by atoms with van der Waals surface area (Å²) in [4.78, 5) is 32.1. The minimum absolute atomic E-state index is 0.0779. The molecule has 2 unspecified atom stereocenters. The molecule has 0 bridgehead atoms. The Morgan fingerprint density at radius 2 is 2.06 bits per heavy atom. The molecular weight excluding hydrogens is 457 g/mol. The maximum Gasteiger partial charge on any atom is 0.403 e. The van der Waals surface area contributed by atoms with Gasteiger partial charge in [-0.3, -0.25) is 15.0 Å². The van der Waals surface area contributed by atoms with Crippen LogP contribution >= 0.6 is 0 Å². The SMILES string of the molecule is C[C@H](COC1CNNC(=O)C1C(F)(F)F)OCCC(=O)N1CCN(c2ccc(C#N)cn2)CC1. The number of hydrogen-bond donors (Lipinski definition) is 2. The molecule has 2 N–H and O–H groups in total. The fourth-order valence-corrected chi connectivity index (χ4v) is 3.75. The van der Waals surface area contributed by atoms with E-state index >= 15 is 0 Å². The van der Waals surface area contributed by atoms with Crippen molar-refractivity contribution in [3.05, 3.63) is 23.9 Å². The van der Waals surface area contributed by atoms with E-state index in [1.54, 1.807) is 24.0 Å². The molecule has 13 heteroatoms. The Hall–Kier alpha value is -2.95. The molecule has 34 heavy (non-hydrogen) atoms. The van der Waals surface area contributed by atoms with Crippen molar-refractivity contribution in [3.63, 3.8) is 0 Å². The van der Waals surface area contributed by atoms with Crippen LogP contribution in [0.5, 0.6) is 0 Å². The number of alkyl halides is 3. The summed E-state index contributed by atoms with van der Waals surface area (Å²) in [6, 6.07) is 5.50. The van der Waals surface area contributed by atoms with Gasteiger partial charge in [-0.1, -0.05) is 0 Å². The molecule has 2 aliphatic heterocycles. The highest BCUT2D eigenvalue weighted by Gasteiger charge is 2.52. The zero-order valence-corrected chi connectivity index (χ0v) is 18.7. The summed E-state index contributed by atoms with van der Waals surface area (Å²) in [6.07, 6.45) is -4.97. The summed E-state index contributed by atoms with van der Waals surface area (Å²) < 4.78 is 50.2. The number of carbonyl (C=O) groups excluding carboxylic acids is 2. The van der Waals surface area contributed by atoms with Gasteiger partial charge in [0, 0.05) is 38.9 Å². The lowest BCUT2D eigenvalue weighted by Crippen LogP contribution is -2.60. The first-order chi connectivity index (χ1) is 16.2. The van der Waals surface area contributed by atoms with E-state index < -0.39 is 30.2 Å². The smallest absolute Gasteiger partial charge is 0.376 e. The summed E-state index contributed by atoms with van der Waals surface area (Å²) in [6.45, 7) is 3.68. The zero-order chi connectivity index (χ0) is 24.7. The Bertz CT molecular complexity index is 884. The lowest BCUT2D eigenvalue weighted by atomic mass is 9.99. The predicted molar refractivity (Wildman–Crippen MR) is 113 cm³/mol. The standard InChI is InChI=1S/C21H27F3N6O4/c1-14(13-34-16-12-27-28-20(32)19(16)21(22,23)24)33-9-4-18(31)30-7-5-29(6-8-30)17-3-2-15(10-25)11-26-17/h2-3,11,14,16,19,27H,4-9,12-13H2,1H3,(H,28,32)/t14-,16?,19?/m1/s1. The highest BCUT2D eigenvalue weighted by molar-refractivity contribution is 5.80. The number of anilines is 1. The second-order valence-electron chi connectivity index (χ2n) is 8.08. The van der Waals surface area contributed by atoms with E-state index in [4.69, 9.17) is 14.7 Å². The molecule has 2 saturated heterocycles. The van der Waals surface area contributed by atoms with Gasteiger partial charge in [-0.2, -0.15) is 18.4 Å². The maximum absolute atomic E-state index is 13.1. The number of ether oxygens (including phenoxy) is 2. The Labute approximate surface area is 195 Å². The predicted octanol–water partition coefficient (Wildman–Crippen LogP) is 0.595. The van der Waals surface area contributed by atoms with E-state index in [-0.39, 0.29) is 32.1 Å². The van der Waals surface area contributed by atoms with Crippen LogP contribution in [-0.4, -0.2) is 86.0 Å². The lowest BCUT2D eigenvalue weighted by molar-refractivity contribution is -0.215. The number of halogens is 3. The molecule has 0 saturated carbocycles. The van der Waals surface area contributed by atoms with E-state index in [2.05, 4.69) is 10.4 Å². The van der Waals surface area contributed by atoms with Crippen LogP contribution in [0.1, 0.15) is 18.9 Å². The van der Waals surface area contributed by atoms with Crippen LogP contribution in [0.25, 0.3) is 0 Å². The van der Waals surface area contributed by atoms with Crippen LogP contribution in [0.4, 0.5) is 19.0 Å². The second kappa shape index (κ2) is 11.5. The molecular formula is C21H27F3N6O4. The number of hydrogen-bond acceptors (Lipinski definition) is 8. The monoisotopic (exact) mass is 484 g/mol. The van der Waals surface area contributed by atoms with Gasteiger partial charge in [0.2, 0.25) is 11.8 Å². The molecule has 3 atom stereocenters. The van der Waals surface area contributed by atoms with Crippen molar-refractivity contribution in [1.82, 2.24) is 20.7 Å². The van der Waals surface area contributed by atoms with Gasteiger partial charge in [0.05, 0.1) is 37.4 Å². The average Bonchev–Trinajstić information content (AvgIpc) is 2.82. The van der Waals surface area contributed by atoms with Crippen LogP contribution in [0.2, 0.25) is 0 Å². The van der Waals surface area contributed by atoms with Gasteiger partial charge in [-0.05, 0) is 19.1 Å².